The second-order valence-electron chi connectivity index (χ2n) is 3.68. The van der Waals surface area contributed by atoms with Gasteiger partial charge < -0.3 is 15.4 Å². The molecule has 1 aromatic carbocycles. The van der Waals surface area contributed by atoms with Gasteiger partial charge in [-0.15, -0.1) is 0 Å². The Morgan fingerprint density at radius 1 is 1.33 bits per heavy atom. The van der Waals surface area contributed by atoms with Crippen LogP contribution in [0.1, 0.15) is 22.8 Å². The summed E-state index contributed by atoms with van der Waals surface area (Å²) in [5.74, 6) is -0.306. The zero-order valence-corrected chi connectivity index (χ0v) is 11.5. The van der Waals surface area contributed by atoms with Gasteiger partial charge in [-0.25, -0.2) is 4.79 Å². The first-order valence-electron chi connectivity index (χ1n) is 5.87. The molecule has 0 aliphatic heterocycles. The highest BCUT2D eigenvalue weighted by Crippen LogP contribution is 2.10. The van der Waals surface area contributed by atoms with Crippen LogP contribution in [0.5, 0.6) is 0 Å². The monoisotopic (exact) mass is 266 g/mol. The van der Waals surface area contributed by atoms with Crippen LogP contribution in [0.3, 0.4) is 0 Å². The first-order chi connectivity index (χ1) is 8.69. The molecule has 0 fully saturated rings. The quantitative estimate of drug-likeness (QED) is 0.625. The molecule has 1 aromatic rings. The largest absolute Gasteiger partial charge is 0.465 e. The first kappa shape index (κ1) is 14.4. The van der Waals surface area contributed by atoms with Crippen LogP contribution >= 0.6 is 12.2 Å². The number of rotatable bonds is 5. The molecule has 0 saturated heterocycles. The molecule has 0 aromatic heterocycles. The van der Waals surface area contributed by atoms with Crippen molar-refractivity contribution < 1.29 is 9.53 Å². The van der Waals surface area contributed by atoms with Crippen molar-refractivity contribution in [3.63, 3.8) is 0 Å². The number of ether oxygens (including phenoxy) is 1. The molecule has 0 radical (unpaired) electrons. The Labute approximate surface area is 113 Å². The minimum Gasteiger partial charge on any atom is -0.465 e. The van der Waals surface area contributed by atoms with Crippen LogP contribution in [0.2, 0.25) is 0 Å². The lowest BCUT2D eigenvalue weighted by Gasteiger charge is -2.10. The van der Waals surface area contributed by atoms with E-state index in [0.29, 0.717) is 17.2 Å². The summed E-state index contributed by atoms with van der Waals surface area (Å²) in [5, 5.41) is 6.73. The number of benzene rings is 1. The highest BCUT2D eigenvalue weighted by molar-refractivity contribution is 7.80. The zero-order valence-electron chi connectivity index (χ0n) is 10.7. The van der Waals surface area contributed by atoms with Crippen molar-refractivity contribution in [3.8, 4) is 0 Å². The molecular formula is C13H18N2O2S. The summed E-state index contributed by atoms with van der Waals surface area (Å²) in [4.78, 5) is 11.6. The molecule has 0 aliphatic carbocycles. The van der Waals surface area contributed by atoms with Crippen molar-refractivity contribution in [2.75, 3.05) is 20.2 Å². The van der Waals surface area contributed by atoms with Gasteiger partial charge in [0.25, 0.3) is 0 Å². The minimum atomic E-state index is -0.306. The highest BCUT2D eigenvalue weighted by Gasteiger charge is 2.10. The predicted octanol–water partition coefficient (Wildman–Crippen LogP) is 1.50. The number of carbonyl (C=O) groups is 1. The molecule has 0 saturated carbocycles. The Hall–Kier alpha value is -1.62. The van der Waals surface area contributed by atoms with Gasteiger partial charge in [-0.3, -0.25) is 0 Å². The number of hydrogen-bond donors (Lipinski definition) is 2. The summed E-state index contributed by atoms with van der Waals surface area (Å²) in [6, 6.07) is 7.42. The highest BCUT2D eigenvalue weighted by atomic mass is 32.1. The summed E-state index contributed by atoms with van der Waals surface area (Å²) < 4.78 is 4.75. The Kier molecular flexibility index (Phi) is 6.14. The van der Waals surface area contributed by atoms with E-state index in [0.717, 1.165) is 18.5 Å². The van der Waals surface area contributed by atoms with Gasteiger partial charge in [0, 0.05) is 13.1 Å². The van der Waals surface area contributed by atoms with E-state index < -0.39 is 0 Å². The molecule has 0 atom stereocenters. The van der Waals surface area contributed by atoms with Crippen LogP contribution < -0.4 is 10.6 Å². The summed E-state index contributed by atoms with van der Waals surface area (Å²) in [6.07, 6.45) is 0.719. The van der Waals surface area contributed by atoms with Crippen LogP contribution in [-0.2, 0) is 11.2 Å². The number of methoxy groups -OCH3 is 1. The van der Waals surface area contributed by atoms with Gasteiger partial charge >= 0.3 is 5.97 Å². The normalized spacial score (nSPS) is 9.67. The number of nitrogens with one attached hydrogen (secondary N) is 2. The van der Waals surface area contributed by atoms with Crippen molar-refractivity contribution in [1.82, 2.24) is 10.6 Å². The van der Waals surface area contributed by atoms with E-state index in [1.165, 1.54) is 7.11 Å². The predicted molar refractivity (Wildman–Crippen MR) is 75.8 cm³/mol. The van der Waals surface area contributed by atoms with Crippen molar-refractivity contribution in [3.05, 3.63) is 35.4 Å². The second kappa shape index (κ2) is 7.66. The molecule has 0 spiro atoms. The molecule has 18 heavy (non-hydrogen) atoms. The smallest absolute Gasteiger partial charge is 0.338 e. The van der Waals surface area contributed by atoms with Gasteiger partial charge in [-0.2, -0.15) is 0 Å². The van der Waals surface area contributed by atoms with Gasteiger partial charge in [-0.1, -0.05) is 18.2 Å². The maximum absolute atomic E-state index is 11.6. The van der Waals surface area contributed by atoms with Crippen LogP contribution in [0.15, 0.2) is 24.3 Å². The van der Waals surface area contributed by atoms with E-state index in [1.807, 2.05) is 25.1 Å². The molecule has 0 amide bonds. The van der Waals surface area contributed by atoms with Gasteiger partial charge in [-0.05, 0) is 37.2 Å². The lowest BCUT2D eigenvalue weighted by Crippen LogP contribution is -2.36. The van der Waals surface area contributed by atoms with E-state index in [4.69, 9.17) is 17.0 Å². The summed E-state index contributed by atoms with van der Waals surface area (Å²) in [5.41, 5.74) is 1.56. The molecule has 4 nitrogen and oxygen atoms in total. The number of carbonyl (C=O) groups excluding carboxylic acids is 1. The topological polar surface area (TPSA) is 50.4 Å². The number of thiocarbonyl (C=S) groups is 1. The Morgan fingerprint density at radius 3 is 2.72 bits per heavy atom. The summed E-state index contributed by atoms with van der Waals surface area (Å²) in [7, 11) is 1.39. The van der Waals surface area contributed by atoms with E-state index in [2.05, 4.69) is 10.6 Å². The van der Waals surface area contributed by atoms with Gasteiger partial charge in [0.1, 0.15) is 0 Å². The molecule has 1 rings (SSSR count). The van der Waals surface area contributed by atoms with E-state index >= 15 is 0 Å². The Morgan fingerprint density at radius 2 is 2.06 bits per heavy atom. The summed E-state index contributed by atoms with van der Waals surface area (Å²) >= 11 is 5.06. The average Bonchev–Trinajstić information content (AvgIpc) is 2.39. The van der Waals surface area contributed by atoms with E-state index in [-0.39, 0.29) is 5.97 Å². The van der Waals surface area contributed by atoms with Crippen molar-refractivity contribution in [1.29, 1.82) is 0 Å². The van der Waals surface area contributed by atoms with E-state index in [1.54, 1.807) is 6.07 Å². The number of hydrogen-bond acceptors (Lipinski definition) is 3. The molecule has 0 bridgehead atoms. The average molecular weight is 266 g/mol. The van der Waals surface area contributed by atoms with Crippen molar-refractivity contribution in [2.45, 2.75) is 13.3 Å². The minimum absolute atomic E-state index is 0.306. The maximum atomic E-state index is 11.6. The first-order valence-corrected chi connectivity index (χ1v) is 6.27. The third-order valence-corrected chi connectivity index (χ3v) is 2.73. The Bertz CT molecular complexity index is 421. The van der Waals surface area contributed by atoms with Crippen LogP contribution in [0.4, 0.5) is 0 Å². The lowest BCUT2D eigenvalue weighted by atomic mass is 10.0. The van der Waals surface area contributed by atoms with E-state index in [9.17, 15) is 4.79 Å². The molecule has 0 aliphatic rings. The SMILES string of the molecule is CCNC(=S)NCCc1ccccc1C(=O)OC. The zero-order chi connectivity index (χ0) is 13.4. The molecule has 98 valence electrons. The standard InChI is InChI=1S/C13H18N2O2S/c1-3-14-13(18)15-9-8-10-6-4-5-7-11(10)12(16)17-2/h4-7H,3,8-9H2,1-2H3,(H2,14,15,18). The third kappa shape index (κ3) is 4.33. The molecule has 0 unspecified atom stereocenters. The number of esters is 1. The summed E-state index contributed by atoms with van der Waals surface area (Å²) in [6.45, 7) is 3.46. The maximum Gasteiger partial charge on any atom is 0.338 e. The van der Waals surface area contributed by atoms with Crippen molar-refractivity contribution >= 4 is 23.3 Å². The molecule has 0 heterocycles. The fourth-order valence-corrected chi connectivity index (χ4v) is 1.83. The molecular weight excluding hydrogens is 248 g/mol. The second-order valence-corrected chi connectivity index (χ2v) is 4.09. The third-order valence-electron chi connectivity index (χ3n) is 2.44. The van der Waals surface area contributed by atoms with Gasteiger partial charge in [0.2, 0.25) is 0 Å². The van der Waals surface area contributed by atoms with Gasteiger partial charge in [0.05, 0.1) is 12.7 Å². The fraction of sp³-hybridized carbons (Fsp3) is 0.385. The molecule has 5 heteroatoms. The molecule has 2 N–H and O–H groups in total. The van der Waals surface area contributed by atoms with Gasteiger partial charge in [0.15, 0.2) is 5.11 Å². The van der Waals surface area contributed by atoms with Crippen molar-refractivity contribution in [2.24, 2.45) is 0 Å². The van der Waals surface area contributed by atoms with Crippen LogP contribution in [0, 0.1) is 0 Å². The van der Waals surface area contributed by atoms with Crippen LogP contribution in [0.25, 0.3) is 0 Å². The fourth-order valence-electron chi connectivity index (χ4n) is 1.58. The van der Waals surface area contributed by atoms with Crippen LogP contribution in [-0.4, -0.2) is 31.3 Å². The lowest BCUT2D eigenvalue weighted by molar-refractivity contribution is 0.0599. The Balaban J connectivity index is 2.57.